The Bertz CT molecular complexity index is 1320. The Morgan fingerprint density at radius 3 is 2.72 bits per heavy atom. The largest absolute Gasteiger partial charge is 0.345 e. The van der Waals surface area contributed by atoms with Crippen LogP contribution in [0.15, 0.2) is 35.3 Å². The molecule has 2 aromatic heterocycles. The van der Waals surface area contributed by atoms with Gasteiger partial charge in [0.1, 0.15) is 5.82 Å². The Morgan fingerprint density at radius 2 is 1.97 bits per heavy atom. The molecule has 0 aliphatic carbocycles. The van der Waals surface area contributed by atoms with Gasteiger partial charge in [0.05, 0.1) is 15.6 Å². The third-order valence-corrected chi connectivity index (χ3v) is 6.53. The number of rotatable bonds is 1. The molecule has 0 bridgehead atoms. The highest BCUT2D eigenvalue weighted by Gasteiger charge is 2.24. The zero-order valence-corrected chi connectivity index (χ0v) is 16.5. The van der Waals surface area contributed by atoms with Gasteiger partial charge in [-0.25, -0.2) is 14.2 Å². The first kappa shape index (κ1) is 17.9. The molecule has 29 heavy (non-hydrogen) atoms. The van der Waals surface area contributed by atoms with Crippen LogP contribution in [0.5, 0.6) is 0 Å². The van der Waals surface area contributed by atoms with Crippen LogP contribution in [-0.2, 0) is 0 Å². The molecule has 0 atom stereocenters. The molecule has 5 rings (SSSR count). The average Bonchev–Trinajstić information content (AvgIpc) is 3.19. The van der Waals surface area contributed by atoms with Crippen LogP contribution < -0.4 is 15.8 Å². The van der Waals surface area contributed by atoms with Crippen LogP contribution in [0.25, 0.3) is 31.8 Å². The highest BCUT2D eigenvalue weighted by molar-refractivity contribution is 7.23. The summed E-state index contributed by atoms with van der Waals surface area (Å²) in [5.74, 6) is -0.387. The zero-order valence-electron chi connectivity index (χ0n) is 15.7. The molecule has 3 heterocycles. The first-order valence-corrected chi connectivity index (χ1v) is 10.1. The predicted molar refractivity (Wildman–Crippen MR) is 113 cm³/mol. The van der Waals surface area contributed by atoms with Crippen molar-refractivity contribution in [3.05, 3.63) is 46.6 Å². The summed E-state index contributed by atoms with van der Waals surface area (Å²) in [4.78, 5) is 35.8. The summed E-state index contributed by atoms with van der Waals surface area (Å²) in [5, 5.41) is 6.08. The lowest BCUT2D eigenvalue weighted by atomic mass is 10.0. The van der Waals surface area contributed by atoms with Crippen molar-refractivity contribution in [2.45, 2.75) is 0 Å². The number of carbonyl (C=O) groups excluding carboxylic acids is 1. The minimum atomic E-state index is -0.387. The number of thiazole rings is 1. The lowest BCUT2D eigenvalue weighted by molar-refractivity contribution is 0.196. The molecule has 4 aromatic rings. The second kappa shape index (κ2) is 6.70. The number of urea groups is 1. The van der Waals surface area contributed by atoms with E-state index >= 15 is 0 Å². The summed E-state index contributed by atoms with van der Waals surface area (Å²) in [6.07, 6.45) is 1.61. The van der Waals surface area contributed by atoms with Gasteiger partial charge in [-0.1, -0.05) is 11.3 Å². The summed E-state index contributed by atoms with van der Waals surface area (Å²) in [6.45, 7) is 2.58. The zero-order chi connectivity index (χ0) is 20.1. The average molecular weight is 411 g/mol. The first-order valence-electron chi connectivity index (χ1n) is 9.31. The number of fused-ring (bicyclic) bond motifs is 6. The predicted octanol–water partition coefficient (Wildman–Crippen LogP) is 2.89. The third kappa shape index (κ3) is 2.80. The fourth-order valence-corrected chi connectivity index (χ4v) is 5.10. The van der Waals surface area contributed by atoms with Gasteiger partial charge in [0, 0.05) is 55.6 Å². The second-order valence-corrected chi connectivity index (χ2v) is 7.97. The number of carbonyl (C=O) groups is 1. The first-order chi connectivity index (χ1) is 14.1. The van der Waals surface area contributed by atoms with Gasteiger partial charge < -0.3 is 20.1 Å². The summed E-state index contributed by atoms with van der Waals surface area (Å²) < 4.78 is 14.9. The molecule has 0 unspecified atom stereocenters. The van der Waals surface area contributed by atoms with E-state index in [2.05, 4.69) is 15.2 Å². The molecule has 2 aromatic carbocycles. The van der Waals surface area contributed by atoms with E-state index in [4.69, 9.17) is 4.98 Å². The number of nitrogens with one attached hydrogen (secondary N) is 2. The number of aromatic nitrogens is 2. The molecule has 1 saturated heterocycles. The van der Waals surface area contributed by atoms with Gasteiger partial charge in [0.2, 0.25) is 0 Å². The van der Waals surface area contributed by atoms with Gasteiger partial charge in [-0.15, -0.1) is 0 Å². The maximum atomic E-state index is 13.9. The number of aromatic amines is 1. The molecule has 1 fully saturated rings. The molecular weight excluding hydrogens is 393 g/mol. The SMILES string of the molecule is CNC(=O)N1CCN(c2nc3c4ccc(F)cc4c4c(=O)[nH]ccc4c3s2)CC1. The van der Waals surface area contributed by atoms with E-state index < -0.39 is 0 Å². The standard InChI is InChI=1S/C20H18FN5O2S/c1-22-19(28)25-6-8-26(9-7-25)20-24-16-12-3-2-11(21)10-14(12)15-13(17(16)29-20)4-5-23-18(15)27/h2-5,10H,6-9H2,1H3,(H,22,28)(H,23,27). The van der Waals surface area contributed by atoms with Crippen molar-refractivity contribution < 1.29 is 9.18 Å². The normalized spacial score (nSPS) is 14.8. The number of halogens is 1. The Hall–Kier alpha value is -3.20. The number of pyridine rings is 1. The minimum absolute atomic E-state index is 0.0767. The highest BCUT2D eigenvalue weighted by atomic mass is 32.1. The van der Waals surface area contributed by atoms with Crippen molar-refractivity contribution in [2.75, 3.05) is 38.1 Å². The molecule has 2 N–H and O–H groups in total. The Morgan fingerprint density at radius 1 is 1.17 bits per heavy atom. The van der Waals surface area contributed by atoms with Gasteiger partial charge in [-0.05, 0) is 24.3 Å². The molecule has 0 saturated carbocycles. The van der Waals surface area contributed by atoms with Crippen molar-refractivity contribution in [2.24, 2.45) is 0 Å². The summed E-state index contributed by atoms with van der Waals surface area (Å²) in [7, 11) is 1.63. The maximum absolute atomic E-state index is 13.9. The number of hydrogen-bond donors (Lipinski definition) is 2. The van der Waals surface area contributed by atoms with E-state index in [0.717, 1.165) is 26.1 Å². The van der Waals surface area contributed by atoms with Crippen molar-refractivity contribution >= 4 is 54.3 Å². The van der Waals surface area contributed by atoms with Gasteiger partial charge >= 0.3 is 6.03 Å². The summed E-state index contributed by atoms with van der Waals surface area (Å²) >= 11 is 1.53. The van der Waals surface area contributed by atoms with Crippen LogP contribution in [0, 0.1) is 5.82 Å². The smallest absolute Gasteiger partial charge is 0.317 e. The van der Waals surface area contributed by atoms with E-state index in [0.29, 0.717) is 37.0 Å². The fourth-order valence-electron chi connectivity index (χ4n) is 3.93. The van der Waals surface area contributed by atoms with Crippen LogP contribution >= 0.6 is 11.3 Å². The van der Waals surface area contributed by atoms with Crippen LogP contribution in [0.4, 0.5) is 14.3 Å². The van der Waals surface area contributed by atoms with Crippen molar-refractivity contribution in [3.63, 3.8) is 0 Å². The van der Waals surface area contributed by atoms with Crippen LogP contribution in [0.2, 0.25) is 0 Å². The topological polar surface area (TPSA) is 81.3 Å². The van der Waals surface area contributed by atoms with E-state index in [-0.39, 0.29) is 17.4 Å². The lowest BCUT2D eigenvalue weighted by Crippen LogP contribution is -2.51. The molecule has 9 heteroatoms. The quantitative estimate of drug-likeness (QED) is 0.472. The number of piperazine rings is 1. The monoisotopic (exact) mass is 411 g/mol. The number of amides is 2. The number of nitrogens with zero attached hydrogens (tertiary/aromatic N) is 3. The van der Waals surface area contributed by atoms with Crippen LogP contribution in [-0.4, -0.2) is 54.1 Å². The number of anilines is 1. The number of hydrogen-bond acceptors (Lipinski definition) is 5. The molecule has 0 spiro atoms. The summed E-state index contributed by atoms with van der Waals surface area (Å²) in [6, 6.07) is 6.24. The molecule has 1 aliphatic heterocycles. The van der Waals surface area contributed by atoms with E-state index in [1.165, 1.54) is 23.5 Å². The van der Waals surface area contributed by atoms with E-state index in [1.807, 2.05) is 6.07 Å². The van der Waals surface area contributed by atoms with Gasteiger partial charge in [0.15, 0.2) is 5.13 Å². The van der Waals surface area contributed by atoms with Crippen molar-refractivity contribution in [1.82, 2.24) is 20.2 Å². The van der Waals surface area contributed by atoms with Crippen molar-refractivity contribution in [1.29, 1.82) is 0 Å². The Balaban J connectivity index is 1.67. The van der Waals surface area contributed by atoms with Crippen LogP contribution in [0.1, 0.15) is 0 Å². The molecule has 1 aliphatic rings. The van der Waals surface area contributed by atoms with Gasteiger partial charge in [-0.3, -0.25) is 4.79 Å². The molecule has 148 valence electrons. The summed E-state index contributed by atoms with van der Waals surface area (Å²) in [5.41, 5.74) is 0.529. The molecule has 7 nitrogen and oxygen atoms in total. The van der Waals surface area contributed by atoms with E-state index in [1.54, 1.807) is 24.2 Å². The van der Waals surface area contributed by atoms with Crippen LogP contribution in [0.3, 0.4) is 0 Å². The van der Waals surface area contributed by atoms with Gasteiger partial charge in [0.25, 0.3) is 5.56 Å². The lowest BCUT2D eigenvalue weighted by Gasteiger charge is -2.34. The van der Waals surface area contributed by atoms with E-state index in [9.17, 15) is 14.0 Å². The second-order valence-electron chi connectivity index (χ2n) is 6.99. The Labute approximate surface area is 168 Å². The van der Waals surface area contributed by atoms with Crippen molar-refractivity contribution in [3.8, 4) is 0 Å². The third-order valence-electron chi connectivity index (χ3n) is 5.38. The highest BCUT2D eigenvalue weighted by Crippen LogP contribution is 2.39. The number of benzene rings is 2. The number of H-pyrrole nitrogens is 1. The minimum Gasteiger partial charge on any atom is -0.345 e. The molecule has 0 radical (unpaired) electrons. The van der Waals surface area contributed by atoms with Gasteiger partial charge in [-0.2, -0.15) is 0 Å². The fraction of sp³-hybridized carbons (Fsp3) is 0.250. The Kier molecular flexibility index (Phi) is 4.13. The maximum Gasteiger partial charge on any atom is 0.317 e. The molecule has 2 amide bonds. The molecular formula is C20H18FN5O2S.